The molecule has 2 aromatic carbocycles. The van der Waals surface area contributed by atoms with Gasteiger partial charge in [-0.05, 0) is 54.7 Å². The maximum atomic E-state index is 12.8. The molecule has 1 atom stereocenters. The Labute approximate surface area is 156 Å². The van der Waals surface area contributed by atoms with E-state index in [4.69, 9.17) is 4.74 Å². The number of hydrogen-bond acceptors (Lipinski definition) is 3. The Morgan fingerprint density at radius 1 is 1.22 bits per heavy atom. The number of amides is 1. The fourth-order valence-corrected chi connectivity index (χ4v) is 3.12. The number of rotatable bonds is 7. The monoisotopic (exact) mass is 373 g/mol. The summed E-state index contributed by atoms with van der Waals surface area (Å²) in [5.74, 6) is 0.860. The third-order valence-electron chi connectivity index (χ3n) is 4.44. The van der Waals surface area contributed by atoms with Crippen LogP contribution in [0, 0.1) is 5.92 Å². The lowest BCUT2D eigenvalue weighted by molar-refractivity contribution is -0.116. The molecule has 0 aromatic heterocycles. The van der Waals surface area contributed by atoms with E-state index in [-0.39, 0.29) is 17.6 Å². The topological polar surface area (TPSA) is 47.6 Å². The van der Waals surface area contributed by atoms with Crippen LogP contribution in [0.3, 0.4) is 0 Å². The third kappa shape index (κ3) is 5.06. The van der Waals surface area contributed by atoms with E-state index in [1.165, 1.54) is 6.07 Å². The van der Waals surface area contributed by atoms with Crippen LogP contribution in [0.4, 0.5) is 14.5 Å². The van der Waals surface area contributed by atoms with Gasteiger partial charge in [0, 0.05) is 17.7 Å². The van der Waals surface area contributed by atoms with Crippen LogP contribution in [0.1, 0.15) is 19.3 Å². The SMILES string of the molecule is COc1ccc(-c2cc(NC(=O)CC3C=CCC3)ccc2OC(F)F)cc1. The largest absolute Gasteiger partial charge is 0.497 e. The summed E-state index contributed by atoms with van der Waals surface area (Å²) in [4.78, 5) is 12.2. The maximum absolute atomic E-state index is 12.8. The summed E-state index contributed by atoms with van der Waals surface area (Å²) in [6, 6.07) is 11.6. The molecule has 0 bridgehead atoms. The number of halogens is 2. The number of methoxy groups -OCH3 is 1. The minimum atomic E-state index is -2.93. The van der Waals surface area contributed by atoms with Gasteiger partial charge in [0.1, 0.15) is 11.5 Å². The average molecular weight is 373 g/mol. The van der Waals surface area contributed by atoms with Gasteiger partial charge in [0.2, 0.25) is 5.91 Å². The standard InChI is InChI=1S/C21H21F2NO3/c1-26-17-9-6-15(7-10-17)18-13-16(8-11-19(18)27-21(22)23)24-20(25)12-14-4-2-3-5-14/h2,4,6-11,13-14,21H,3,5,12H2,1H3,(H,24,25). The van der Waals surface area contributed by atoms with Gasteiger partial charge in [-0.2, -0.15) is 8.78 Å². The zero-order valence-electron chi connectivity index (χ0n) is 15.0. The van der Waals surface area contributed by atoms with Gasteiger partial charge in [-0.3, -0.25) is 4.79 Å². The van der Waals surface area contributed by atoms with Gasteiger partial charge in [0.25, 0.3) is 0 Å². The molecule has 4 nitrogen and oxygen atoms in total. The van der Waals surface area contributed by atoms with Crippen LogP contribution < -0.4 is 14.8 Å². The summed E-state index contributed by atoms with van der Waals surface area (Å²) in [5, 5.41) is 2.84. The maximum Gasteiger partial charge on any atom is 0.387 e. The molecule has 27 heavy (non-hydrogen) atoms. The molecule has 1 unspecified atom stereocenters. The highest BCUT2D eigenvalue weighted by Gasteiger charge is 2.16. The highest BCUT2D eigenvalue weighted by molar-refractivity contribution is 5.92. The number of carbonyl (C=O) groups excluding carboxylic acids is 1. The second-order valence-electron chi connectivity index (χ2n) is 6.34. The predicted molar refractivity (Wildman–Crippen MR) is 100 cm³/mol. The van der Waals surface area contributed by atoms with Crippen LogP contribution in [0.2, 0.25) is 0 Å². The van der Waals surface area contributed by atoms with Gasteiger partial charge in [-0.1, -0.05) is 24.3 Å². The highest BCUT2D eigenvalue weighted by Crippen LogP contribution is 2.35. The number of ether oxygens (including phenoxy) is 2. The van der Waals surface area contributed by atoms with Gasteiger partial charge in [0.05, 0.1) is 7.11 Å². The van der Waals surface area contributed by atoms with Crippen molar-refractivity contribution in [3.63, 3.8) is 0 Å². The molecule has 0 heterocycles. The summed E-state index contributed by atoms with van der Waals surface area (Å²) >= 11 is 0. The zero-order valence-corrected chi connectivity index (χ0v) is 15.0. The van der Waals surface area contributed by atoms with E-state index in [1.54, 1.807) is 43.5 Å². The van der Waals surface area contributed by atoms with Crippen molar-refractivity contribution in [2.24, 2.45) is 5.92 Å². The van der Waals surface area contributed by atoms with Crippen molar-refractivity contribution >= 4 is 11.6 Å². The molecule has 2 aromatic rings. The fourth-order valence-electron chi connectivity index (χ4n) is 3.12. The number of anilines is 1. The number of alkyl halides is 2. The van der Waals surface area contributed by atoms with E-state index in [2.05, 4.69) is 22.2 Å². The Morgan fingerprint density at radius 2 is 2.00 bits per heavy atom. The summed E-state index contributed by atoms with van der Waals surface area (Å²) in [7, 11) is 1.55. The molecular formula is C21H21F2NO3. The van der Waals surface area contributed by atoms with Crippen molar-refractivity contribution < 1.29 is 23.0 Å². The predicted octanol–water partition coefficient (Wildman–Crippen LogP) is 5.26. The first-order valence-corrected chi connectivity index (χ1v) is 8.75. The molecule has 1 N–H and O–H groups in total. The molecule has 1 amide bonds. The molecule has 0 saturated carbocycles. The summed E-state index contributed by atoms with van der Waals surface area (Å²) in [5.41, 5.74) is 1.69. The molecule has 1 aliphatic rings. The molecular weight excluding hydrogens is 352 g/mol. The molecule has 0 aliphatic heterocycles. The Hall–Kier alpha value is -2.89. The van der Waals surface area contributed by atoms with Gasteiger partial charge in [0.15, 0.2) is 0 Å². The first kappa shape index (κ1) is 18.9. The molecule has 6 heteroatoms. The molecule has 142 valence electrons. The Balaban J connectivity index is 1.82. The number of carbonyl (C=O) groups is 1. The van der Waals surface area contributed by atoms with E-state index in [9.17, 15) is 13.6 Å². The quantitative estimate of drug-likeness (QED) is 0.674. The van der Waals surface area contributed by atoms with Gasteiger partial charge in [-0.15, -0.1) is 0 Å². The van der Waals surface area contributed by atoms with Crippen LogP contribution in [-0.2, 0) is 4.79 Å². The van der Waals surface area contributed by atoms with Gasteiger partial charge in [-0.25, -0.2) is 0 Å². The lowest BCUT2D eigenvalue weighted by atomic mass is 10.0. The van der Waals surface area contributed by atoms with E-state index in [1.807, 2.05) is 0 Å². The lowest BCUT2D eigenvalue weighted by Gasteiger charge is -2.14. The zero-order chi connectivity index (χ0) is 19.2. The van der Waals surface area contributed by atoms with Crippen molar-refractivity contribution in [3.05, 3.63) is 54.6 Å². The van der Waals surface area contributed by atoms with Crippen molar-refractivity contribution in [1.82, 2.24) is 0 Å². The lowest BCUT2D eigenvalue weighted by Crippen LogP contribution is -2.15. The van der Waals surface area contributed by atoms with Gasteiger partial charge < -0.3 is 14.8 Å². The Kier molecular flexibility index (Phi) is 6.06. The molecule has 0 radical (unpaired) electrons. The van der Waals surface area contributed by atoms with E-state index >= 15 is 0 Å². The van der Waals surface area contributed by atoms with Crippen LogP contribution in [0.15, 0.2) is 54.6 Å². The van der Waals surface area contributed by atoms with Crippen LogP contribution in [-0.4, -0.2) is 19.6 Å². The van der Waals surface area contributed by atoms with Crippen molar-refractivity contribution in [3.8, 4) is 22.6 Å². The van der Waals surface area contributed by atoms with E-state index < -0.39 is 6.61 Å². The average Bonchev–Trinajstić information content (AvgIpc) is 3.15. The van der Waals surface area contributed by atoms with Crippen LogP contribution in [0.5, 0.6) is 11.5 Å². The van der Waals surface area contributed by atoms with Crippen molar-refractivity contribution in [2.75, 3.05) is 12.4 Å². The fraction of sp³-hybridized carbons (Fsp3) is 0.286. The second-order valence-corrected chi connectivity index (χ2v) is 6.34. The molecule has 1 aliphatic carbocycles. The number of benzene rings is 2. The van der Waals surface area contributed by atoms with Crippen molar-refractivity contribution in [1.29, 1.82) is 0 Å². The first-order chi connectivity index (χ1) is 13.0. The van der Waals surface area contributed by atoms with E-state index in [0.717, 1.165) is 12.8 Å². The molecule has 0 spiro atoms. The number of allylic oxidation sites excluding steroid dienone is 2. The Morgan fingerprint density at radius 3 is 2.63 bits per heavy atom. The second kappa shape index (κ2) is 8.66. The van der Waals surface area contributed by atoms with Gasteiger partial charge >= 0.3 is 6.61 Å². The summed E-state index contributed by atoms with van der Waals surface area (Å²) < 4.78 is 35.3. The molecule has 3 rings (SSSR count). The smallest absolute Gasteiger partial charge is 0.387 e. The normalized spacial score (nSPS) is 15.8. The third-order valence-corrected chi connectivity index (χ3v) is 4.44. The van der Waals surface area contributed by atoms with Crippen LogP contribution in [0.25, 0.3) is 11.1 Å². The van der Waals surface area contributed by atoms with E-state index in [0.29, 0.717) is 29.0 Å². The molecule has 0 fully saturated rings. The minimum absolute atomic E-state index is 0.0480. The number of nitrogens with one attached hydrogen (secondary N) is 1. The summed E-state index contributed by atoms with van der Waals surface area (Å²) in [6.07, 6.45) is 6.52. The van der Waals surface area contributed by atoms with Crippen LogP contribution >= 0.6 is 0 Å². The summed E-state index contributed by atoms with van der Waals surface area (Å²) in [6.45, 7) is -2.93. The van der Waals surface area contributed by atoms with Crippen molar-refractivity contribution in [2.45, 2.75) is 25.9 Å². The molecule has 0 saturated heterocycles. The number of hydrogen-bond donors (Lipinski definition) is 1. The first-order valence-electron chi connectivity index (χ1n) is 8.75. The minimum Gasteiger partial charge on any atom is -0.497 e. The Bertz CT molecular complexity index is 819. The highest BCUT2D eigenvalue weighted by atomic mass is 19.3.